The number of benzene rings is 1. The molecule has 1 aromatic carbocycles. The number of nitrogens with zero attached hydrogens (tertiary/aromatic N) is 2. The van der Waals surface area contributed by atoms with Gasteiger partial charge in [0.1, 0.15) is 6.23 Å². The molecule has 1 unspecified atom stereocenters. The first kappa shape index (κ1) is 18.5. The molecule has 0 saturated carbocycles. The van der Waals surface area contributed by atoms with Gasteiger partial charge in [0.2, 0.25) is 6.79 Å². The monoisotopic (exact) mass is 358 g/mol. The predicted molar refractivity (Wildman–Crippen MR) is 99.0 cm³/mol. The Labute approximate surface area is 154 Å². The van der Waals surface area contributed by atoms with Gasteiger partial charge in [-0.05, 0) is 56.8 Å². The van der Waals surface area contributed by atoms with Gasteiger partial charge < -0.3 is 19.5 Å². The molecule has 6 heteroatoms. The number of likely N-dealkylation sites (N-methyl/N-ethyl adjacent to an activating group) is 1. The maximum atomic E-state index is 12.8. The van der Waals surface area contributed by atoms with Crippen molar-refractivity contribution in [3.8, 4) is 11.5 Å². The van der Waals surface area contributed by atoms with E-state index in [4.69, 9.17) is 9.47 Å². The molecule has 6 nitrogen and oxygen atoms in total. The van der Waals surface area contributed by atoms with Crippen LogP contribution in [-0.2, 0) is 0 Å². The lowest BCUT2D eigenvalue weighted by Crippen LogP contribution is -2.44. The Balaban J connectivity index is 1.70. The van der Waals surface area contributed by atoms with E-state index in [1.165, 1.54) is 0 Å². The summed E-state index contributed by atoms with van der Waals surface area (Å²) >= 11 is 0. The summed E-state index contributed by atoms with van der Waals surface area (Å²) in [7, 11) is 1.77. The predicted octanol–water partition coefficient (Wildman–Crippen LogP) is 2.75. The van der Waals surface area contributed by atoms with Crippen molar-refractivity contribution in [2.24, 2.45) is 0 Å². The number of hydrogen-bond acceptors (Lipinski definition) is 6. The molecular formula is C20H26N2O4. The number of allylic oxidation sites excluding steroid dienone is 1. The van der Waals surface area contributed by atoms with Crippen LogP contribution in [0.1, 0.15) is 37.0 Å². The maximum Gasteiger partial charge on any atom is 0.231 e. The molecular weight excluding hydrogens is 332 g/mol. The topological polar surface area (TPSA) is 62.2 Å². The zero-order valence-electron chi connectivity index (χ0n) is 15.5. The van der Waals surface area contributed by atoms with Crippen LogP contribution in [0.2, 0.25) is 0 Å². The van der Waals surface area contributed by atoms with Crippen molar-refractivity contribution < 1.29 is 19.4 Å². The number of aliphatic hydroxyl groups excluding tert-OH is 1. The molecule has 0 saturated heterocycles. The molecule has 0 amide bonds. The molecule has 0 bridgehead atoms. The lowest BCUT2D eigenvalue weighted by molar-refractivity contribution is 0.0236. The van der Waals surface area contributed by atoms with Crippen LogP contribution in [0.5, 0.6) is 11.5 Å². The molecule has 1 aromatic rings. The quantitative estimate of drug-likeness (QED) is 0.597. The Morgan fingerprint density at radius 1 is 1.35 bits per heavy atom. The van der Waals surface area contributed by atoms with E-state index < -0.39 is 12.3 Å². The van der Waals surface area contributed by atoms with Crippen LogP contribution in [-0.4, -0.2) is 53.3 Å². The normalized spacial score (nSPS) is 18.0. The van der Waals surface area contributed by atoms with Crippen molar-refractivity contribution in [3.63, 3.8) is 0 Å². The fourth-order valence-electron chi connectivity index (χ4n) is 3.15. The summed E-state index contributed by atoms with van der Waals surface area (Å²) in [5.41, 5.74) is 1.43. The average Bonchev–Trinajstić information content (AvgIpc) is 3.14. The van der Waals surface area contributed by atoms with Gasteiger partial charge in [-0.2, -0.15) is 0 Å². The summed E-state index contributed by atoms with van der Waals surface area (Å²) in [6.07, 6.45) is 6.93. The lowest BCUT2D eigenvalue weighted by Gasteiger charge is -2.32. The number of aliphatic hydroxyl groups is 1. The highest BCUT2D eigenvalue weighted by Gasteiger charge is 2.28. The van der Waals surface area contributed by atoms with E-state index in [9.17, 15) is 9.90 Å². The van der Waals surface area contributed by atoms with Crippen molar-refractivity contribution in [2.75, 3.05) is 20.4 Å². The number of carbonyl (C=O) groups excluding carboxylic acids is 1. The van der Waals surface area contributed by atoms with Crippen LogP contribution < -0.4 is 9.47 Å². The van der Waals surface area contributed by atoms with Gasteiger partial charge in [-0.3, -0.25) is 9.69 Å². The van der Waals surface area contributed by atoms with E-state index in [-0.39, 0.29) is 12.6 Å². The van der Waals surface area contributed by atoms with Gasteiger partial charge in [0, 0.05) is 18.3 Å². The Bertz CT molecular complexity index is 729. The van der Waals surface area contributed by atoms with Crippen LogP contribution in [0.25, 0.3) is 0 Å². The van der Waals surface area contributed by atoms with E-state index >= 15 is 0 Å². The van der Waals surface area contributed by atoms with Gasteiger partial charge in [-0.25, -0.2) is 0 Å². The van der Waals surface area contributed by atoms with E-state index in [1.807, 2.05) is 18.5 Å². The number of ketones is 1. The van der Waals surface area contributed by atoms with Crippen molar-refractivity contribution >= 4 is 5.78 Å². The zero-order valence-corrected chi connectivity index (χ0v) is 15.5. The Kier molecular flexibility index (Phi) is 5.64. The second-order valence-electron chi connectivity index (χ2n) is 6.68. The summed E-state index contributed by atoms with van der Waals surface area (Å²) in [5, 5.41) is 10.7. The SMILES string of the molecule is CCCN1C=CCC(C(O)N(C)[C@H](C)C(=O)c2ccc3c(c2)OCO3)=C1. The number of fused-ring (bicyclic) bond motifs is 1. The summed E-state index contributed by atoms with van der Waals surface area (Å²) in [6, 6.07) is 4.71. The van der Waals surface area contributed by atoms with E-state index in [1.54, 1.807) is 37.1 Å². The van der Waals surface area contributed by atoms with Gasteiger partial charge in [0.05, 0.1) is 6.04 Å². The first-order valence-electron chi connectivity index (χ1n) is 8.98. The molecule has 0 aliphatic carbocycles. The molecule has 3 rings (SSSR count). The molecule has 0 spiro atoms. The van der Waals surface area contributed by atoms with Crippen molar-refractivity contribution in [2.45, 2.75) is 39.0 Å². The molecule has 2 heterocycles. The molecule has 0 fully saturated rings. The van der Waals surface area contributed by atoms with Crippen LogP contribution in [0.15, 0.2) is 42.2 Å². The number of rotatable bonds is 7. The molecule has 26 heavy (non-hydrogen) atoms. The van der Waals surface area contributed by atoms with Gasteiger partial charge in [-0.1, -0.05) is 13.0 Å². The minimum absolute atomic E-state index is 0.0674. The average molecular weight is 358 g/mol. The molecule has 1 N–H and O–H groups in total. The summed E-state index contributed by atoms with van der Waals surface area (Å²) in [6.45, 7) is 5.00. The van der Waals surface area contributed by atoms with Crippen LogP contribution in [0.3, 0.4) is 0 Å². The number of Topliss-reactive ketones (excluding diaryl/α,β-unsaturated/α-hetero) is 1. The maximum absolute atomic E-state index is 12.8. The standard InChI is InChI=1S/C20H26N2O4/c1-4-9-22-10-5-6-16(12-22)20(24)21(3)14(2)19(23)15-7-8-17-18(11-15)26-13-25-17/h5,7-8,10-12,14,20,24H,4,6,9,13H2,1-3H3/t14-,20?/m1/s1. The minimum Gasteiger partial charge on any atom is -0.454 e. The molecule has 2 aliphatic rings. The molecule has 140 valence electrons. The second kappa shape index (κ2) is 7.93. The van der Waals surface area contributed by atoms with Gasteiger partial charge in [0.25, 0.3) is 0 Å². The smallest absolute Gasteiger partial charge is 0.231 e. The van der Waals surface area contributed by atoms with Crippen LogP contribution in [0.4, 0.5) is 0 Å². The highest BCUT2D eigenvalue weighted by molar-refractivity contribution is 6.00. The summed E-state index contributed by atoms with van der Waals surface area (Å²) < 4.78 is 10.6. The molecule has 0 aromatic heterocycles. The minimum atomic E-state index is -0.813. The highest BCUT2D eigenvalue weighted by atomic mass is 16.7. The van der Waals surface area contributed by atoms with Crippen molar-refractivity contribution in [3.05, 3.63) is 47.8 Å². The van der Waals surface area contributed by atoms with Crippen LogP contribution in [0, 0.1) is 0 Å². The first-order valence-corrected chi connectivity index (χ1v) is 8.98. The van der Waals surface area contributed by atoms with Crippen molar-refractivity contribution in [1.29, 1.82) is 0 Å². The lowest BCUT2D eigenvalue weighted by atomic mass is 10.0. The largest absolute Gasteiger partial charge is 0.454 e. The fraction of sp³-hybridized carbons (Fsp3) is 0.450. The van der Waals surface area contributed by atoms with Crippen molar-refractivity contribution in [1.82, 2.24) is 9.80 Å². The summed E-state index contributed by atoms with van der Waals surface area (Å²) in [4.78, 5) is 16.6. The van der Waals surface area contributed by atoms with E-state index in [0.29, 0.717) is 23.5 Å². The third-order valence-electron chi connectivity index (χ3n) is 4.83. The number of carbonyl (C=O) groups is 1. The van der Waals surface area contributed by atoms with Gasteiger partial charge >= 0.3 is 0 Å². The Morgan fingerprint density at radius 3 is 2.88 bits per heavy atom. The molecule has 2 aliphatic heterocycles. The van der Waals surface area contributed by atoms with Gasteiger partial charge in [-0.15, -0.1) is 0 Å². The highest BCUT2D eigenvalue weighted by Crippen LogP contribution is 2.33. The van der Waals surface area contributed by atoms with E-state index in [2.05, 4.69) is 11.8 Å². The molecule has 0 radical (unpaired) electrons. The second-order valence-corrected chi connectivity index (χ2v) is 6.68. The summed E-state index contributed by atoms with van der Waals surface area (Å²) in [5.74, 6) is 1.17. The van der Waals surface area contributed by atoms with E-state index in [0.717, 1.165) is 18.5 Å². The third-order valence-corrected chi connectivity index (χ3v) is 4.83. The number of hydrogen-bond donors (Lipinski definition) is 1. The van der Waals surface area contributed by atoms with Gasteiger partial charge in [0.15, 0.2) is 17.3 Å². The Hall–Kier alpha value is -2.31. The van der Waals surface area contributed by atoms with Crippen LogP contribution >= 0.6 is 0 Å². The fourth-order valence-corrected chi connectivity index (χ4v) is 3.15. The first-order chi connectivity index (χ1) is 12.5. The zero-order chi connectivity index (χ0) is 18.7. The third kappa shape index (κ3) is 3.76. The molecule has 2 atom stereocenters. The Morgan fingerprint density at radius 2 is 2.12 bits per heavy atom. The number of ether oxygens (including phenoxy) is 2.